The molecule has 0 aliphatic heterocycles. The van der Waals surface area contributed by atoms with E-state index in [1.54, 1.807) is 19.1 Å². The van der Waals surface area contributed by atoms with E-state index >= 15 is 0 Å². The molecule has 1 atom stereocenters. The highest BCUT2D eigenvalue weighted by Gasteiger charge is 2.20. The molecule has 0 saturated heterocycles. The zero-order valence-electron chi connectivity index (χ0n) is 11.8. The van der Waals surface area contributed by atoms with Gasteiger partial charge in [-0.2, -0.15) is 0 Å². The van der Waals surface area contributed by atoms with Gasteiger partial charge >= 0.3 is 0 Å². The summed E-state index contributed by atoms with van der Waals surface area (Å²) in [7, 11) is -3.58. The zero-order valence-corrected chi connectivity index (χ0v) is 14.2. The van der Waals surface area contributed by atoms with Crippen LogP contribution in [0.25, 0.3) is 0 Å². The molecule has 21 heavy (non-hydrogen) atoms. The van der Waals surface area contributed by atoms with E-state index in [4.69, 9.17) is 5.73 Å². The fraction of sp³-hybridized carbons (Fsp3) is 0.200. The number of benzene rings is 2. The summed E-state index contributed by atoms with van der Waals surface area (Å²) in [6.45, 7) is 3.54. The van der Waals surface area contributed by atoms with E-state index in [-0.39, 0.29) is 10.9 Å². The lowest BCUT2D eigenvalue weighted by molar-refractivity contribution is 0.566. The number of nitrogen functional groups attached to an aromatic ring is 1. The summed E-state index contributed by atoms with van der Waals surface area (Å²) in [5.74, 6) is 0. The lowest BCUT2D eigenvalue weighted by Crippen LogP contribution is -2.27. The van der Waals surface area contributed by atoms with Crippen LogP contribution >= 0.6 is 15.9 Å². The Bertz CT molecular complexity index is 743. The molecule has 4 nitrogen and oxygen atoms in total. The van der Waals surface area contributed by atoms with Crippen LogP contribution in [0.15, 0.2) is 51.8 Å². The van der Waals surface area contributed by atoms with Gasteiger partial charge in [0.25, 0.3) is 0 Å². The fourth-order valence-electron chi connectivity index (χ4n) is 2.09. The molecule has 0 aliphatic rings. The summed E-state index contributed by atoms with van der Waals surface area (Å²) >= 11 is 3.36. The van der Waals surface area contributed by atoms with Crippen LogP contribution in [0.2, 0.25) is 0 Å². The Kier molecular flexibility index (Phi) is 4.70. The molecule has 0 aliphatic carbocycles. The van der Waals surface area contributed by atoms with E-state index in [1.165, 1.54) is 6.07 Å². The summed E-state index contributed by atoms with van der Waals surface area (Å²) in [5.41, 5.74) is 7.73. The topological polar surface area (TPSA) is 72.2 Å². The Morgan fingerprint density at radius 2 is 1.76 bits per heavy atom. The Morgan fingerprint density at radius 3 is 2.33 bits per heavy atom. The average molecular weight is 369 g/mol. The molecule has 0 saturated carbocycles. The second-order valence-electron chi connectivity index (χ2n) is 4.92. The first kappa shape index (κ1) is 16.0. The van der Waals surface area contributed by atoms with Crippen LogP contribution in [0.4, 0.5) is 5.69 Å². The molecule has 2 rings (SSSR count). The van der Waals surface area contributed by atoms with Crippen molar-refractivity contribution >= 4 is 31.6 Å². The van der Waals surface area contributed by atoms with Crippen molar-refractivity contribution in [1.29, 1.82) is 0 Å². The average Bonchev–Trinajstić information content (AvgIpc) is 2.38. The van der Waals surface area contributed by atoms with E-state index in [9.17, 15) is 8.42 Å². The van der Waals surface area contributed by atoms with Crippen LogP contribution in [-0.4, -0.2) is 8.42 Å². The predicted octanol–water partition coefficient (Wildman–Crippen LogP) is 3.38. The molecule has 0 amide bonds. The molecule has 0 aromatic heterocycles. The van der Waals surface area contributed by atoms with Crippen LogP contribution in [0.5, 0.6) is 0 Å². The smallest absolute Gasteiger partial charge is 0.241 e. The predicted molar refractivity (Wildman–Crippen MR) is 88.5 cm³/mol. The van der Waals surface area contributed by atoms with Gasteiger partial charge in [0.1, 0.15) is 0 Å². The largest absolute Gasteiger partial charge is 0.399 e. The van der Waals surface area contributed by atoms with Crippen molar-refractivity contribution in [1.82, 2.24) is 4.72 Å². The minimum Gasteiger partial charge on any atom is -0.399 e. The van der Waals surface area contributed by atoms with Crippen molar-refractivity contribution in [2.45, 2.75) is 24.8 Å². The second-order valence-corrected chi connectivity index (χ2v) is 7.52. The number of nitrogens with one attached hydrogen (secondary N) is 1. The van der Waals surface area contributed by atoms with Crippen LogP contribution in [0.1, 0.15) is 24.1 Å². The van der Waals surface area contributed by atoms with Crippen molar-refractivity contribution in [2.24, 2.45) is 0 Å². The highest BCUT2D eigenvalue weighted by molar-refractivity contribution is 9.10. The van der Waals surface area contributed by atoms with Crippen LogP contribution in [0.3, 0.4) is 0 Å². The molecular weight excluding hydrogens is 352 g/mol. The van der Waals surface area contributed by atoms with Gasteiger partial charge < -0.3 is 5.73 Å². The molecule has 3 N–H and O–H groups in total. The minimum atomic E-state index is -3.58. The van der Waals surface area contributed by atoms with Crippen LogP contribution < -0.4 is 10.5 Å². The van der Waals surface area contributed by atoms with Gasteiger partial charge in [0, 0.05) is 16.2 Å². The van der Waals surface area contributed by atoms with Crippen molar-refractivity contribution in [2.75, 3.05) is 5.73 Å². The molecule has 0 spiro atoms. The lowest BCUT2D eigenvalue weighted by atomic mass is 10.1. The maximum atomic E-state index is 12.5. The number of nitrogens with two attached hydrogens (primary N) is 1. The number of aryl methyl sites for hydroxylation is 1. The summed E-state index contributed by atoms with van der Waals surface area (Å²) in [4.78, 5) is 0.251. The maximum Gasteiger partial charge on any atom is 0.241 e. The van der Waals surface area contributed by atoms with Gasteiger partial charge in [-0.3, -0.25) is 0 Å². The fourth-order valence-corrected chi connectivity index (χ4v) is 3.81. The van der Waals surface area contributed by atoms with Crippen molar-refractivity contribution < 1.29 is 8.42 Å². The third-order valence-corrected chi connectivity index (χ3v) is 5.42. The zero-order chi connectivity index (χ0) is 15.6. The number of hydrogen-bond donors (Lipinski definition) is 2. The third kappa shape index (κ3) is 3.84. The molecule has 0 fully saturated rings. The van der Waals surface area contributed by atoms with Gasteiger partial charge in [-0.15, -0.1) is 0 Å². The molecule has 112 valence electrons. The number of halogens is 1. The standard InChI is InChI=1S/C15H17BrN2O2S/c1-10-9-14(17)7-8-15(10)21(19,20)18-11(2)12-3-5-13(16)6-4-12/h3-9,11,18H,17H2,1-2H3. The molecule has 2 aromatic carbocycles. The Morgan fingerprint density at radius 1 is 1.14 bits per heavy atom. The highest BCUT2D eigenvalue weighted by Crippen LogP contribution is 2.22. The summed E-state index contributed by atoms with van der Waals surface area (Å²) < 4.78 is 28.5. The van der Waals surface area contributed by atoms with E-state index in [0.29, 0.717) is 11.3 Å². The normalized spacial score (nSPS) is 13.1. The van der Waals surface area contributed by atoms with Crippen molar-refractivity contribution in [3.63, 3.8) is 0 Å². The van der Waals surface area contributed by atoms with Gasteiger partial charge in [0.15, 0.2) is 0 Å². The Hall–Kier alpha value is -1.37. The first-order chi connectivity index (χ1) is 9.79. The monoisotopic (exact) mass is 368 g/mol. The van der Waals surface area contributed by atoms with E-state index in [1.807, 2.05) is 31.2 Å². The number of sulfonamides is 1. The Labute approximate surface area is 133 Å². The van der Waals surface area contributed by atoms with Gasteiger partial charge in [0.2, 0.25) is 10.0 Å². The molecule has 0 heterocycles. The molecule has 6 heteroatoms. The first-order valence-corrected chi connectivity index (χ1v) is 8.71. The minimum absolute atomic E-state index is 0.251. The number of anilines is 1. The SMILES string of the molecule is Cc1cc(N)ccc1S(=O)(=O)NC(C)c1ccc(Br)cc1. The molecule has 0 bridgehead atoms. The van der Waals surface area contributed by atoms with Gasteiger partial charge in [-0.05, 0) is 55.3 Å². The molecule has 0 radical (unpaired) electrons. The summed E-state index contributed by atoms with van der Waals surface area (Å²) in [6, 6.07) is 12.0. The third-order valence-electron chi connectivity index (χ3n) is 3.19. The summed E-state index contributed by atoms with van der Waals surface area (Å²) in [6.07, 6.45) is 0. The highest BCUT2D eigenvalue weighted by atomic mass is 79.9. The van der Waals surface area contributed by atoms with Crippen molar-refractivity contribution in [3.8, 4) is 0 Å². The van der Waals surface area contributed by atoms with Crippen molar-refractivity contribution in [3.05, 3.63) is 58.1 Å². The number of hydrogen-bond acceptors (Lipinski definition) is 3. The van der Waals surface area contributed by atoms with Crippen LogP contribution in [0, 0.1) is 6.92 Å². The first-order valence-electron chi connectivity index (χ1n) is 6.43. The second kappa shape index (κ2) is 6.17. The van der Waals surface area contributed by atoms with E-state index in [2.05, 4.69) is 20.7 Å². The van der Waals surface area contributed by atoms with E-state index in [0.717, 1.165) is 10.0 Å². The van der Waals surface area contributed by atoms with Crippen LogP contribution in [-0.2, 0) is 10.0 Å². The molecule has 2 aromatic rings. The van der Waals surface area contributed by atoms with Gasteiger partial charge in [-0.1, -0.05) is 28.1 Å². The summed E-state index contributed by atoms with van der Waals surface area (Å²) in [5, 5.41) is 0. The number of rotatable bonds is 4. The Balaban J connectivity index is 2.26. The molecule has 1 unspecified atom stereocenters. The van der Waals surface area contributed by atoms with Gasteiger partial charge in [0.05, 0.1) is 4.90 Å². The van der Waals surface area contributed by atoms with Gasteiger partial charge in [-0.25, -0.2) is 13.1 Å². The lowest BCUT2D eigenvalue weighted by Gasteiger charge is -2.16. The quantitative estimate of drug-likeness (QED) is 0.812. The maximum absolute atomic E-state index is 12.5. The van der Waals surface area contributed by atoms with E-state index < -0.39 is 10.0 Å². The molecular formula is C15H17BrN2O2S.